The van der Waals surface area contributed by atoms with Crippen LogP contribution in [0.15, 0.2) is 30.4 Å². The van der Waals surface area contributed by atoms with Crippen LogP contribution in [-0.2, 0) is 20.7 Å². The van der Waals surface area contributed by atoms with Gasteiger partial charge in [-0.05, 0) is 37.6 Å². The van der Waals surface area contributed by atoms with E-state index in [1.807, 2.05) is 13.8 Å². The molecule has 1 aromatic carbocycles. The molecule has 122 valence electrons. The van der Waals surface area contributed by atoms with Crippen LogP contribution in [-0.4, -0.2) is 42.4 Å². The molecule has 2 rings (SSSR count). The number of hydrogen-bond donors (Lipinski definition) is 1. The number of carbonyl (C=O) groups is 3. The topological polar surface area (TPSA) is 75.7 Å². The fourth-order valence-corrected chi connectivity index (χ4v) is 2.36. The SMILES string of the molecule is C=C(C)CN(CC)C(=O)COC(=O)c1ccc2c(c1)CC(=O)N2. The molecule has 2 amide bonds. The van der Waals surface area contributed by atoms with Crippen LogP contribution in [0, 0.1) is 0 Å². The molecule has 1 aliphatic heterocycles. The minimum Gasteiger partial charge on any atom is -0.452 e. The lowest BCUT2D eigenvalue weighted by molar-refractivity contribution is -0.133. The van der Waals surface area contributed by atoms with Crippen molar-refractivity contribution in [3.63, 3.8) is 0 Å². The largest absolute Gasteiger partial charge is 0.452 e. The van der Waals surface area contributed by atoms with Gasteiger partial charge in [0, 0.05) is 18.8 Å². The summed E-state index contributed by atoms with van der Waals surface area (Å²) < 4.78 is 5.08. The smallest absolute Gasteiger partial charge is 0.338 e. The first kappa shape index (κ1) is 16.7. The molecule has 0 spiro atoms. The third kappa shape index (κ3) is 4.18. The monoisotopic (exact) mass is 316 g/mol. The third-order valence-electron chi connectivity index (χ3n) is 3.49. The zero-order valence-electron chi connectivity index (χ0n) is 13.3. The molecule has 0 bridgehead atoms. The molecule has 6 nitrogen and oxygen atoms in total. The highest BCUT2D eigenvalue weighted by molar-refractivity contribution is 6.01. The summed E-state index contributed by atoms with van der Waals surface area (Å²) in [7, 11) is 0. The van der Waals surface area contributed by atoms with Crippen LogP contribution in [0.5, 0.6) is 0 Å². The zero-order chi connectivity index (χ0) is 17.0. The lowest BCUT2D eigenvalue weighted by atomic mass is 10.1. The standard InChI is InChI=1S/C17H20N2O4/c1-4-19(9-11(2)3)16(21)10-23-17(22)12-5-6-14-13(7-12)8-15(20)18-14/h5-7H,2,4,8-10H2,1,3H3,(H,18,20). The van der Waals surface area contributed by atoms with Gasteiger partial charge < -0.3 is 15.0 Å². The van der Waals surface area contributed by atoms with E-state index in [2.05, 4.69) is 11.9 Å². The molecule has 0 radical (unpaired) electrons. The number of carbonyl (C=O) groups excluding carboxylic acids is 3. The minimum absolute atomic E-state index is 0.0981. The van der Waals surface area contributed by atoms with Gasteiger partial charge in [-0.3, -0.25) is 9.59 Å². The molecule has 0 saturated heterocycles. The number of hydrogen-bond acceptors (Lipinski definition) is 4. The van der Waals surface area contributed by atoms with Gasteiger partial charge in [0.2, 0.25) is 5.91 Å². The molecule has 0 unspecified atom stereocenters. The van der Waals surface area contributed by atoms with Crippen molar-refractivity contribution in [3.05, 3.63) is 41.5 Å². The number of fused-ring (bicyclic) bond motifs is 1. The maximum Gasteiger partial charge on any atom is 0.338 e. The predicted molar refractivity (Wildman–Crippen MR) is 86.1 cm³/mol. The van der Waals surface area contributed by atoms with Crippen LogP contribution < -0.4 is 5.32 Å². The molecule has 0 atom stereocenters. The van der Waals surface area contributed by atoms with Crippen molar-refractivity contribution in [2.45, 2.75) is 20.3 Å². The van der Waals surface area contributed by atoms with Crippen LogP contribution in [0.1, 0.15) is 29.8 Å². The number of benzene rings is 1. The van der Waals surface area contributed by atoms with E-state index in [1.165, 1.54) is 0 Å². The molecular weight excluding hydrogens is 296 g/mol. The van der Waals surface area contributed by atoms with Crippen LogP contribution in [0.3, 0.4) is 0 Å². The van der Waals surface area contributed by atoms with Gasteiger partial charge in [-0.15, -0.1) is 0 Å². The Balaban J connectivity index is 1.95. The summed E-state index contributed by atoms with van der Waals surface area (Å²) in [5.74, 6) is -0.937. The average molecular weight is 316 g/mol. The van der Waals surface area contributed by atoms with Crippen molar-refractivity contribution in [1.82, 2.24) is 4.90 Å². The van der Waals surface area contributed by atoms with E-state index in [-0.39, 0.29) is 24.8 Å². The van der Waals surface area contributed by atoms with Gasteiger partial charge >= 0.3 is 5.97 Å². The molecule has 1 N–H and O–H groups in total. The Morgan fingerprint density at radius 1 is 1.39 bits per heavy atom. The number of nitrogens with zero attached hydrogens (tertiary/aromatic N) is 1. The maximum absolute atomic E-state index is 12.0. The highest BCUT2D eigenvalue weighted by atomic mass is 16.5. The second-order valence-corrected chi connectivity index (χ2v) is 5.54. The summed E-state index contributed by atoms with van der Waals surface area (Å²) in [4.78, 5) is 37.0. The number of esters is 1. The highest BCUT2D eigenvalue weighted by Crippen LogP contribution is 2.24. The highest BCUT2D eigenvalue weighted by Gasteiger charge is 2.20. The van der Waals surface area contributed by atoms with Gasteiger partial charge in [-0.25, -0.2) is 4.79 Å². The van der Waals surface area contributed by atoms with Crippen molar-refractivity contribution in [3.8, 4) is 0 Å². The van der Waals surface area contributed by atoms with E-state index in [9.17, 15) is 14.4 Å². The molecule has 1 aromatic rings. The van der Waals surface area contributed by atoms with Crippen molar-refractivity contribution in [2.75, 3.05) is 25.0 Å². The number of nitrogens with one attached hydrogen (secondary N) is 1. The number of amides is 2. The van der Waals surface area contributed by atoms with Crippen LogP contribution in [0.2, 0.25) is 0 Å². The predicted octanol–water partition coefficient (Wildman–Crippen LogP) is 1.76. The van der Waals surface area contributed by atoms with Gasteiger partial charge in [0.25, 0.3) is 5.91 Å². The van der Waals surface area contributed by atoms with Crippen molar-refractivity contribution in [2.24, 2.45) is 0 Å². The first-order chi connectivity index (χ1) is 10.9. The van der Waals surface area contributed by atoms with Gasteiger partial charge in [0.05, 0.1) is 12.0 Å². The Hall–Kier alpha value is -2.63. The van der Waals surface area contributed by atoms with E-state index < -0.39 is 5.97 Å². The first-order valence-corrected chi connectivity index (χ1v) is 7.42. The lowest BCUT2D eigenvalue weighted by Crippen LogP contribution is -2.35. The molecular formula is C17H20N2O4. The number of anilines is 1. The molecule has 23 heavy (non-hydrogen) atoms. The Kier molecular flexibility index (Phi) is 5.16. The third-order valence-corrected chi connectivity index (χ3v) is 3.49. The lowest BCUT2D eigenvalue weighted by Gasteiger charge is -2.20. The number of likely N-dealkylation sites (N-methyl/N-ethyl adjacent to an activating group) is 1. The first-order valence-electron chi connectivity index (χ1n) is 7.42. The Bertz CT molecular complexity index is 667. The normalized spacial score (nSPS) is 12.3. The quantitative estimate of drug-likeness (QED) is 0.641. The van der Waals surface area contributed by atoms with Gasteiger partial charge in [0.15, 0.2) is 6.61 Å². The second kappa shape index (κ2) is 7.09. The van der Waals surface area contributed by atoms with Crippen molar-refractivity contribution in [1.29, 1.82) is 0 Å². The van der Waals surface area contributed by atoms with Gasteiger partial charge in [-0.1, -0.05) is 12.2 Å². The van der Waals surface area contributed by atoms with E-state index in [0.29, 0.717) is 24.3 Å². The summed E-state index contributed by atoms with van der Waals surface area (Å²) in [5, 5.41) is 2.69. The van der Waals surface area contributed by atoms with Gasteiger partial charge in [-0.2, -0.15) is 0 Å². The molecule has 1 aliphatic rings. The van der Waals surface area contributed by atoms with Gasteiger partial charge in [0.1, 0.15) is 0 Å². The summed E-state index contributed by atoms with van der Waals surface area (Å²) in [6.45, 7) is 8.12. The van der Waals surface area contributed by atoms with Crippen LogP contribution in [0.4, 0.5) is 5.69 Å². The Morgan fingerprint density at radius 2 is 2.13 bits per heavy atom. The van der Waals surface area contributed by atoms with Crippen LogP contribution in [0.25, 0.3) is 0 Å². The molecule has 0 aliphatic carbocycles. The summed E-state index contributed by atoms with van der Waals surface area (Å²) in [6.07, 6.45) is 0.248. The fourth-order valence-electron chi connectivity index (χ4n) is 2.36. The Morgan fingerprint density at radius 3 is 2.78 bits per heavy atom. The summed E-state index contributed by atoms with van der Waals surface area (Å²) in [5.41, 5.74) is 2.66. The van der Waals surface area contributed by atoms with E-state index >= 15 is 0 Å². The molecule has 6 heteroatoms. The molecule has 0 aromatic heterocycles. The minimum atomic E-state index is -0.577. The number of rotatable bonds is 6. The summed E-state index contributed by atoms with van der Waals surface area (Å²) >= 11 is 0. The molecule has 0 saturated carbocycles. The molecule has 1 heterocycles. The molecule has 0 fully saturated rings. The van der Waals surface area contributed by atoms with Crippen LogP contribution >= 0.6 is 0 Å². The van der Waals surface area contributed by atoms with Crippen molar-refractivity contribution < 1.29 is 19.1 Å². The second-order valence-electron chi connectivity index (χ2n) is 5.54. The summed E-state index contributed by atoms with van der Waals surface area (Å²) in [6, 6.07) is 4.85. The fraction of sp³-hybridized carbons (Fsp3) is 0.353. The Labute approximate surface area is 135 Å². The number of ether oxygens (including phenoxy) is 1. The maximum atomic E-state index is 12.0. The van der Waals surface area contributed by atoms with Crippen molar-refractivity contribution >= 4 is 23.5 Å². The van der Waals surface area contributed by atoms with E-state index in [0.717, 1.165) is 11.1 Å². The zero-order valence-corrected chi connectivity index (χ0v) is 13.3. The van der Waals surface area contributed by atoms with E-state index in [1.54, 1.807) is 23.1 Å². The van der Waals surface area contributed by atoms with E-state index in [4.69, 9.17) is 4.74 Å². The average Bonchev–Trinajstić information content (AvgIpc) is 2.88.